The first-order valence-electron chi connectivity index (χ1n) is 9.81. The lowest BCUT2D eigenvalue weighted by molar-refractivity contribution is -0.137. The fourth-order valence-electron chi connectivity index (χ4n) is 4.10. The Labute approximate surface area is 175 Å². The van der Waals surface area contributed by atoms with Crippen LogP contribution < -0.4 is 0 Å². The number of halogens is 3. The van der Waals surface area contributed by atoms with Crippen molar-refractivity contribution >= 4 is 15.8 Å². The van der Waals surface area contributed by atoms with Crippen LogP contribution in [0.1, 0.15) is 52.5 Å². The Morgan fingerprint density at radius 3 is 2.27 bits per heavy atom. The quantitative estimate of drug-likeness (QED) is 0.599. The molecule has 0 N–H and O–H groups in total. The number of allylic oxidation sites excluding steroid dienone is 4. The Bertz CT molecular complexity index is 1010. The molecule has 0 aromatic heterocycles. The molecule has 1 fully saturated rings. The molecule has 1 aliphatic carbocycles. The molecule has 0 saturated carbocycles. The highest BCUT2D eigenvalue weighted by atomic mass is 32.2. The Hall–Kier alpha value is -1.93. The minimum Gasteiger partial charge on any atom is -0.290 e. The molecule has 1 saturated heterocycles. The van der Waals surface area contributed by atoms with E-state index >= 15 is 0 Å². The lowest BCUT2D eigenvalue weighted by Gasteiger charge is -2.20. The second kappa shape index (κ2) is 7.34. The summed E-state index contributed by atoms with van der Waals surface area (Å²) in [4.78, 5) is 12.0. The monoisotopic (exact) mass is 441 g/mol. The minimum absolute atomic E-state index is 0.0574. The molecule has 3 rings (SSSR count). The van der Waals surface area contributed by atoms with Crippen molar-refractivity contribution in [1.82, 2.24) is 4.31 Å². The van der Waals surface area contributed by atoms with Gasteiger partial charge in [-0.3, -0.25) is 4.79 Å². The van der Waals surface area contributed by atoms with E-state index in [1.807, 2.05) is 26.8 Å². The zero-order valence-corrected chi connectivity index (χ0v) is 18.3. The number of hydrogen-bond donors (Lipinski definition) is 0. The van der Waals surface area contributed by atoms with Crippen molar-refractivity contribution in [3.05, 3.63) is 53.6 Å². The van der Waals surface area contributed by atoms with Gasteiger partial charge >= 0.3 is 6.18 Å². The molecule has 30 heavy (non-hydrogen) atoms. The summed E-state index contributed by atoms with van der Waals surface area (Å²) in [5.41, 5.74) is -1.35. The van der Waals surface area contributed by atoms with E-state index in [0.717, 1.165) is 24.3 Å². The van der Waals surface area contributed by atoms with Crippen molar-refractivity contribution in [3.63, 3.8) is 0 Å². The molecule has 0 bridgehead atoms. The van der Waals surface area contributed by atoms with E-state index in [9.17, 15) is 26.4 Å². The van der Waals surface area contributed by atoms with Crippen LogP contribution in [0.2, 0.25) is 0 Å². The highest BCUT2D eigenvalue weighted by Crippen LogP contribution is 2.53. The first-order chi connectivity index (χ1) is 13.7. The number of benzene rings is 1. The topological polar surface area (TPSA) is 54.2 Å². The van der Waals surface area contributed by atoms with Crippen molar-refractivity contribution in [3.8, 4) is 0 Å². The number of carbonyl (C=O) groups is 1. The van der Waals surface area contributed by atoms with Gasteiger partial charge < -0.3 is 0 Å². The first kappa shape index (κ1) is 22.7. The maximum atomic E-state index is 13.3. The van der Waals surface area contributed by atoms with Gasteiger partial charge in [-0.25, -0.2) is 8.42 Å². The molecule has 164 valence electrons. The fourth-order valence-corrected chi connectivity index (χ4v) is 6.16. The van der Waals surface area contributed by atoms with Gasteiger partial charge in [0.25, 0.3) is 0 Å². The Morgan fingerprint density at radius 1 is 1.10 bits per heavy atom. The van der Waals surface area contributed by atoms with Gasteiger partial charge in [0.15, 0.2) is 5.78 Å². The molecule has 1 aromatic rings. The van der Waals surface area contributed by atoms with Crippen molar-refractivity contribution < 1.29 is 26.4 Å². The molecule has 0 spiro atoms. The van der Waals surface area contributed by atoms with Crippen LogP contribution >= 0.6 is 0 Å². The number of rotatable bonds is 2. The molecule has 1 unspecified atom stereocenters. The van der Waals surface area contributed by atoms with Crippen LogP contribution in [0.4, 0.5) is 13.2 Å². The van der Waals surface area contributed by atoms with E-state index in [2.05, 4.69) is 0 Å². The maximum Gasteiger partial charge on any atom is 0.416 e. The largest absolute Gasteiger partial charge is 0.416 e. The zero-order chi connectivity index (χ0) is 22.5. The summed E-state index contributed by atoms with van der Waals surface area (Å²) in [5, 5.41) is 0. The van der Waals surface area contributed by atoms with Gasteiger partial charge in [0.2, 0.25) is 10.0 Å². The number of nitrogens with zero attached hydrogens (tertiary/aromatic N) is 1. The molecule has 1 aliphatic heterocycles. The summed E-state index contributed by atoms with van der Waals surface area (Å²) in [5.74, 6) is -0.0574. The van der Waals surface area contributed by atoms with Crippen LogP contribution in [0.5, 0.6) is 0 Å². The van der Waals surface area contributed by atoms with Crippen molar-refractivity contribution in [1.29, 1.82) is 0 Å². The second-order valence-corrected chi connectivity index (χ2v) is 10.8. The average Bonchev–Trinajstić information content (AvgIpc) is 3.21. The highest BCUT2D eigenvalue weighted by Gasteiger charge is 2.65. The lowest BCUT2D eigenvalue weighted by atomic mass is 9.84. The number of ketones is 1. The van der Waals surface area contributed by atoms with E-state index in [0.29, 0.717) is 24.8 Å². The van der Waals surface area contributed by atoms with Crippen LogP contribution in [-0.4, -0.2) is 30.1 Å². The number of carbonyl (C=O) groups excluding carboxylic acids is 1. The van der Waals surface area contributed by atoms with Crippen LogP contribution in [0.3, 0.4) is 0 Å². The van der Waals surface area contributed by atoms with Gasteiger partial charge in [0.05, 0.1) is 16.0 Å². The zero-order valence-electron chi connectivity index (χ0n) is 17.5. The summed E-state index contributed by atoms with van der Waals surface area (Å²) in [6.07, 6.45) is 2.20. The van der Waals surface area contributed by atoms with Crippen LogP contribution in [0.25, 0.3) is 0 Å². The van der Waals surface area contributed by atoms with Crippen molar-refractivity contribution in [2.24, 2.45) is 5.41 Å². The van der Waals surface area contributed by atoms with Gasteiger partial charge in [-0.05, 0) is 74.4 Å². The second-order valence-electron chi connectivity index (χ2n) is 9.01. The van der Waals surface area contributed by atoms with Gasteiger partial charge in [0, 0.05) is 6.04 Å². The molecular formula is C22H26F3NO3S. The molecule has 8 heteroatoms. The molecule has 2 aliphatic rings. The summed E-state index contributed by atoms with van der Waals surface area (Å²) >= 11 is 0. The average molecular weight is 442 g/mol. The van der Waals surface area contributed by atoms with Gasteiger partial charge in [-0.1, -0.05) is 26.0 Å². The van der Waals surface area contributed by atoms with Crippen LogP contribution in [0.15, 0.2) is 53.0 Å². The standard InChI is InChI=1S/C22H26F3NO3S/c1-15-6-5-12-21(4)19(14-20(2,3)13-11-18(15)27)26(21)30(28,29)17-9-7-16(8-10-17)22(23,24)25/h6-11,13,19H,5,12,14H2,1-4H3/b13-11+,15-6+/t19-,21+,26?/m1/s1. The number of sulfonamides is 1. The first-order valence-corrected chi connectivity index (χ1v) is 11.2. The summed E-state index contributed by atoms with van der Waals surface area (Å²) < 4.78 is 66.5. The van der Waals surface area contributed by atoms with E-state index in [4.69, 9.17) is 0 Å². The number of hydrogen-bond acceptors (Lipinski definition) is 3. The van der Waals surface area contributed by atoms with E-state index in [-0.39, 0.29) is 16.7 Å². The number of fused-ring (bicyclic) bond motifs is 1. The highest BCUT2D eigenvalue weighted by molar-refractivity contribution is 7.89. The third kappa shape index (κ3) is 4.25. The predicted molar refractivity (Wildman–Crippen MR) is 108 cm³/mol. The summed E-state index contributed by atoms with van der Waals surface area (Å²) in [7, 11) is -3.95. The molecule has 4 nitrogen and oxygen atoms in total. The smallest absolute Gasteiger partial charge is 0.290 e. The SMILES string of the molecule is C/C1=C\CC[C@@]2(C)[C@@H](CC(C)(C)/C=C/C1=O)N2S(=O)(=O)c1ccc(C(F)(F)F)cc1. The molecule has 0 amide bonds. The molecule has 1 aromatic carbocycles. The molecular weight excluding hydrogens is 415 g/mol. The van der Waals surface area contributed by atoms with Crippen molar-refractivity contribution in [2.45, 2.75) is 69.6 Å². The van der Waals surface area contributed by atoms with E-state index in [1.54, 1.807) is 13.0 Å². The molecule has 1 heterocycles. The van der Waals surface area contributed by atoms with Gasteiger partial charge in [0.1, 0.15) is 0 Å². The fraction of sp³-hybridized carbons (Fsp3) is 0.500. The Balaban J connectivity index is 1.95. The third-order valence-corrected chi connectivity index (χ3v) is 8.13. The van der Waals surface area contributed by atoms with Crippen LogP contribution in [0, 0.1) is 5.41 Å². The summed E-state index contributed by atoms with van der Waals surface area (Å²) in [6.45, 7) is 7.48. The van der Waals surface area contributed by atoms with E-state index in [1.165, 1.54) is 10.4 Å². The Kier molecular flexibility index (Phi) is 5.56. The maximum absolute atomic E-state index is 13.3. The normalized spacial score (nSPS) is 32.4. The minimum atomic E-state index is -4.52. The molecule has 3 atom stereocenters. The van der Waals surface area contributed by atoms with Gasteiger partial charge in [-0.2, -0.15) is 17.5 Å². The van der Waals surface area contributed by atoms with Crippen molar-refractivity contribution in [2.75, 3.05) is 0 Å². The third-order valence-electron chi connectivity index (χ3n) is 6.07. The lowest BCUT2D eigenvalue weighted by Crippen LogP contribution is -2.21. The predicted octanol–water partition coefficient (Wildman–Crippen LogP) is 5.12. The number of alkyl halides is 3. The van der Waals surface area contributed by atoms with E-state index < -0.39 is 32.7 Å². The van der Waals surface area contributed by atoms with Crippen LogP contribution in [-0.2, 0) is 21.0 Å². The van der Waals surface area contributed by atoms with Gasteiger partial charge in [-0.15, -0.1) is 0 Å². The molecule has 0 radical (unpaired) electrons. The Morgan fingerprint density at radius 2 is 1.70 bits per heavy atom. The summed E-state index contributed by atoms with van der Waals surface area (Å²) in [6, 6.07) is 3.33.